The van der Waals surface area contributed by atoms with Gasteiger partial charge in [-0.1, -0.05) is 13.3 Å². The maximum atomic E-state index is 6.10. The molecule has 0 radical (unpaired) electrons. The van der Waals surface area contributed by atoms with Gasteiger partial charge in [-0.2, -0.15) is 5.10 Å². The standard InChI is InChI=1S/C8H14N4/c1-2-7-3-8(7,9)4-12-6-10-5-11-12/h5-7H,2-4,9H2,1H3. The Bertz CT molecular complexity index is 256. The Morgan fingerprint density at radius 2 is 2.58 bits per heavy atom. The Balaban J connectivity index is 1.97. The average Bonchev–Trinajstić information content (AvgIpc) is 2.48. The highest BCUT2D eigenvalue weighted by molar-refractivity contribution is 5.06. The second-order valence-corrected chi connectivity index (χ2v) is 3.64. The van der Waals surface area contributed by atoms with Gasteiger partial charge in [0.15, 0.2) is 0 Å². The lowest BCUT2D eigenvalue weighted by atomic mass is 10.2. The van der Waals surface area contributed by atoms with Gasteiger partial charge in [0.1, 0.15) is 12.7 Å². The van der Waals surface area contributed by atoms with Crippen molar-refractivity contribution in [2.45, 2.75) is 31.8 Å². The molecule has 1 fully saturated rings. The summed E-state index contributed by atoms with van der Waals surface area (Å²) in [6, 6.07) is 0. The molecule has 2 atom stereocenters. The summed E-state index contributed by atoms with van der Waals surface area (Å²) < 4.78 is 1.82. The van der Waals surface area contributed by atoms with Crippen LogP contribution < -0.4 is 5.73 Å². The minimum absolute atomic E-state index is 0.00243. The Morgan fingerprint density at radius 1 is 1.75 bits per heavy atom. The zero-order chi connectivity index (χ0) is 8.60. The van der Waals surface area contributed by atoms with Gasteiger partial charge in [-0.25, -0.2) is 4.98 Å². The molecule has 2 rings (SSSR count). The molecule has 1 aliphatic rings. The maximum absolute atomic E-state index is 6.10. The highest BCUT2D eigenvalue weighted by Crippen LogP contribution is 2.44. The molecule has 1 aliphatic carbocycles. The molecule has 66 valence electrons. The van der Waals surface area contributed by atoms with Gasteiger partial charge in [0, 0.05) is 5.54 Å². The summed E-state index contributed by atoms with van der Waals surface area (Å²) in [6.07, 6.45) is 5.57. The number of aromatic nitrogens is 3. The molecule has 0 saturated heterocycles. The highest BCUT2D eigenvalue weighted by Gasteiger charge is 2.49. The van der Waals surface area contributed by atoms with E-state index in [1.807, 2.05) is 4.68 Å². The molecule has 2 unspecified atom stereocenters. The predicted molar refractivity (Wildman–Crippen MR) is 45.3 cm³/mol. The summed E-state index contributed by atoms with van der Waals surface area (Å²) in [5.74, 6) is 0.682. The van der Waals surface area contributed by atoms with Gasteiger partial charge in [-0.3, -0.25) is 4.68 Å². The lowest BCUT2D eigenvalue weighted by Crippen LogP contribution is -2.31. The quantitative estimate of drug-likeness (QED) is 0.707. The van der Waals surface area contributed by atoms with Crippen molar-refractivity contribution in [3.8, 4) is 0 Å². The first-order valence-corrected chi connectivity index (χ1v) is 4.36. The monoisotopic (exact) mass is 166 g/mol. The Hall–Kier alpha value is -0.900. The third-order valence-corrected chi connectivity index (χ3v) is 2.70. The first-order chi connectivity index (χ1) is 5.74. The van der Waals surface area contributed by atoms with Crippen molar-refractivity contribution in [3.63, 3.8) is 0 Å². The molecule has 0 bridgehead atoms. The van der Waals surface area contributed by atoms with Crippen LogP contribution in [-0.2, 0) is 6.54 Å². The molecule has 4 heteroatoms. The minimum atomic E-state index is 0.00243. The summed E-state index contributed by atoms with van der Waals surface area (Å²) in [6.45, 7) is 2.99. The van der Waals surface area contributed by atoms with Gasteiger partial charge in [0.25, 0.3) is 0 Å². The maximum Gasteiger partial charge on any atom is 0.137 e. The third kappa shape index (κ3) is 1.22. The Morgan fingerprint density at radius 3 is 3.08 bits per heavy atom. The summed E-state index contributed by atoms with van der Waals surface area (Å²) >= 11 is 0. The van der Waals surface area contributed by atoms with E-state index in [-0.39, 0.29) is 5.54 Å². The van der Waals surface area contributed by atoms with E-state index in [0.29, 0.717) is 5.92 Å². The molecule has 0 aromatic carbocycles. The minimum Gasteiger partial charge on any atom is -0.323 e. The number of hydrogen-bond acceptors (Lipinski definition) is 3. The van der Waals surface area contributed by atoms with Gasteiger partial charge in [0.05, 0.1) is 6.54 Å². The molecular formula is C8H14N4. The molecular weight excluding hydrogens is 152 g/mol. The van der Waals surface area contributed by atoms with Crippen molar-refractivity contribution < 1.29 is 0 Å². The van der Waals surface area contributed by atoms with Crippen molar-refractivity contribution in [1.29, 1.82) is 0 Å². The van der Waals surface area contributed by atoms with E-state index in [1.165, 1.54) is 6.42 Å². The largest absolute Gasteiger partial charge is 0.323 e. The van der Waals surface area contributed by atoms with Gasteiger partial charge >= 0.3 is 0 Å². The van der Waals surface area contributed by atoms with Gasteiger partial charge in [-0.15, -0.1) is 0 Å². The number of rotatable bonds is 3. The van der Waals surface area contributed by atoms with Crippen LogP contribution in [0.25, 0.3) is 0 Å². The summed E-state index contributed by atoms with van der Waals surface area (Å²) in [7, 11) is 0. The lowest BCUT2D eigenvalue weighted by molar-refractivity contribution is 0.460. The molecule has 4 nitrogen and oxygen atoms in total. The molecule has 12 heavy (non-hydrogen) atoms. The van der Waals surface area contributed by atoms with Crippen LogP contribution in [0.1, 0.15) is 19.8 Å². The molecule has 2 N–H and O–H groups in total. The molecule has 0 amide bonds. The fourth-order valence-corrected chi connectivity index (χ4v) is 1.76. The van der Waals surface area contributed by atoms with E-state index in [4.69, 9.17) is 5.73 Å². The molecule has 1 heterocycles. The molecule has 0 spiro atoms. The summed E-state index contributed by atoms with van der Waals surface area (Å²) in [4.78, 5) is 3.88. The fraction of sp³-hybridized carbons (Fsp3) is 0.750. The van der Waals surface area contributed by atoms with Crippen molar-refractivity contribution in [2.75, 3.05) is 0 Å². The number of nitrogens with two attached hydrogens (primary N) is 1. The summed E-state index contributed by atoms with van der Waals surface area (Å²) in [5, 5.41) is 4.04. The zero-order valence-electron chi connectivity index (χ0n) is 7.27. The van der Waals surface area contributed by atoms with Gasteiger partial charge in [0.2, 0.25) is 0 Å². The van der Waals surface area contributed by atoms with E-state index in [1.54, 1.807) is 12.7 Å². The van der Waals surface area contributed by atoms with E-state index in [9.17, 15) is 0 Å². The zero-order valence-corrected chi connectivity index (χ0v) is 7.27. The Kier molecular flexibility index (Phi) is 1.65. The lowest BCUT2D eigenvalue weighted by Gasteiger charge is -2.09. The Labute approximate surface area is 71.8 Å². The highest BCUT2D eigenvalue weighted by atomic mass is 15.3. The molecule has 0 aliphatic heterocycles. The van der Waals surface area contributed by atoms with E-state index in [0.717, 1.165) is 13.0 Å². The van der Waals surface area contributed by atoms with E-state index >= 15 is 0 Å². The fourth-order valence-electron chi connectivity index (χ4n) is 1.76. The second-order valence-electron chi connectivity index (χ2n) is 3.64. The van der Waals surface area contributed by atoms with Crippen LogP contribution in [0.4, 0.5) is 0 Å². The van der Waals surface area contributed by atoms with Crippen LogP contribution in [0.3, 0.4) is 0 Å². The van der Waals surface area contributed by atoms with Crippen molar-refractivity contribution in [1.82, 2.24) is 14.8 Å². The van der Waals surface area contributed by atoms with E-state index in [2.05, 4.69) is 17.0 Å². The third-order valence-electron chi connectivity index (χ3n) is 2.70. The van der Waals surface area contributed by atoms with Crippen LogP contribution >= 0.6 is 0 Å². The van der Waals surface area contributed by atoms with Crippen LogP contribution in [-0.4, -0.2) is 20.3 Å². The number of nitrogens with zero attached hydrogens (tertiary/aromatic N) is 3. The van der Waals surface area contributed by atoms with Gasteiger partial charge in [-0.05, 0) is 12.3 Å². The first-order valence-electron chi connectivity index (χ1n) is 4.36. The number of hydrogen-bond donors (Lipinski definition) is 1. The van der Waals surface area contributed by atoms with Crippen LogP contribution in [0.5, 0.6) is 0 Å². The normalized spacial score (nSPS) is 33.7. The van der Waals surface area contributed by atoms with E-state index < -0.39 is 0 Å². The second kappa shape index (κ2) is 2.55. The topological polar surface area (TPSA) is 56.7 Å². The van der Waals surface area contributed by atoms with Gasteiger partial charge < -0.3 is 5.73 Å². The van der Waals surface area contributed by atoms with Crippen LogP contribution in [0, 0.1) is 5.92 Å². The van der Waals surface area contributed by atoms with Crippen LogP contribution in [0.15, 0.2) is 12.7 Å². The van der Waals surface area contributed by atoms with Crippen molar-refractivity contribution in [2.24, 2.45) is 11.7 Å². The molecule has 1 aromatic rings. The molecule has 1 saturated carbocycles. The van der Waals surface area contributed by atoms with Crippen molar-refractivity contribution in [3.05, 3.63) is 12.7 Å². The van der Waals surface area contributed by atoms with Crippen LogP contribution in [0.2, 0.25) is 0 Å². The molecule has 1 aromatic heterocycles. The first kappa shape index (κ1) is 7.73. The smallest absolute Gasteiger partial charge is 0.137 e. The predicted octanol–water partition coefficient (Wildman–Crippen LogP) is 0.405. The summed E-state index contributed by atoms with van der Waals surface area (Å²) in [5.41, 5.74) is 6.11. The van der Waals surface area contributed by atoms with Crippen molar-refractivity contribution >= 4 is 0 Å². The SMILES string of the molecule is CCC1CC1(N)Cn1cncn1. The average molecular weight is 166 g/mol.